The van der Waals surface area contributed by atoms with E-state index in [0.29, 0.717) is 5.92 Å². The molecule has 102 valence electrons. The highest BCUT2D eigenvalue weighted by atomic mass is 79.9. The Kier molecular flexibility index (Phi) is 3.50. The van der Waals surface area contributed by atoms with E-state index in [1.807, 2.05) is 29.8 Å². The maximum absolute atomic E-state index is 12.4. The van der Waals surface area contributed by atoms with E-state index in [0.717, 1.165) is 48.1 Å². The highest BCUT2D eigenvalue weighted by Gasteiger charge is 2.18. The number of nitrogens with zero attached hydrogens (tertiary/aromatic N) is 2. The van der Waals surface area contributed by atoms with Crippen LogP contribution >= 0.6 is 15.9 Å². The third-order valence-corrected chi connectivity index (χ3v) is 4.38. The van der Waals surface area contributed by atoms with Crippen LogP contribution in [0, 0.1) is 5.92 Å². The van der Waals surface area contributed by atoms with Gasteiger partial charge in [0.05, 0.1) is 11.0 Å². The van der Waals surface area contributed by atoms with E-state index < -0.39 is 0 Å². The largest absolute Gasteiger partial charge is 0.381 e. The first kappa shape index (κ1) is 12.9. The Balaban J connectivity index is 2.04. The van der Waals surface area contributed by atoms with E-state index >= 15 is 0 Å². The van der Waals surface area contributed by atoms with Crippen molar-refractivity contribution >= 4 is 27.0 Å². The number of ether oxygens (including phenoxy) is 1. The molecule has 0 spiro atoms. The number of imidazole rings is 1. The van der Waals surface area contributed by atoms with Gasteiger partial charge in [-0.15, -0.1) is 0 Å². The summed E-state index contributed by atoms with van der Waals surface area (Å²) in [7, 11) is 1.83. The van der Waals surface area contributed by atoms with Gasteiger partial charge < -0.3 is 4.74 Å². The van der Waals surface area contributed by atoms with Crippen LogP contribution in [0.25, 0.3) is 11.0 Å². The summed E-state index contributed by atoms with van der Waals surface area (Å²) in [5.41, 5.74) is 2.06. The second kappa shape index (κ2) is 5.13. The molecule has 0 saturated carbocycles. The van der Waals surface area contributed by atoms with E-state index in [9.17, 15) is 4.79 Å². The second-order valence-electron chi connectivity index (χ2n) is 5.14. The van der Waals surface area contributed by atoms with E-state index in [2.05, 4.69) is 15.9 Å². The monoisotopic (exact) mass is 324 g/mol. The number of hydrogen-bond acceptors (Lipinski definition) is 2. The SMILES string of the molecule is Cn1c(=O)n(CC2CCOCC2)c2cc(Br)ccc21. The average molecular weight is 325 g/mol. The summed E-state index contributed by atoms with van der Waals surface area (Å²) in [6.45, 7) is 2.41. The molecule has 0 N–H and O–H groups in total. The number of benzene rings is 1. The lowest BCUT2D eigenvalue weighted by atomic mass is 10.0. The number of aryl methyl sites for hydroxylation is 1. The van der Waals surface area contributed by atoms with Crippen molar-refractivity contribution in [1.29, 1.82) is 0 Å². The van der Waals surface area contributed by atoms with Gasteiger partial charge in [-0.1, -0.05) is 15.9 Å². The van der Waals surface area contributed by atoms with Gasteiger partial charge in [0.15, 0.2) is 0 Å². The lowest BCUT2D eigenvalue weighted by molar-refractivity contribution is 0.0613. The minimum atomic E-state index is 0.0691. The lowest BCUT2D eigenvalue weighted by Crippen LogP contribution is -2.28. The van der Waals surface area contributed by atoms with Crippen LogP contribution in [0.15, 0.2) is 27.5 Å². The van der Waals surface area contributed by atoms with Gasteiger partial charge in [-0.05, 0) is 37.0 Å². The second-order valence-corrected chi connectivity index (χ2v) is 6.06. The Morgan fingerprint density at radius 1 is 1.32 bits per heavy atom. The van der Waals surface area contributed by atoms with E-state index in [-0.39, 0.29) is 5.69 Å². The molecule has 4 nitrogen and oxygen atoms in total. The average Bonchev–Trinajstić information content (AvgIpc) is 2.65. The summed E-state index contributed by atoms with van der Waals surface area (Å²) in [6.07, 6.45) is 2.08. The van der Waals surface area contributed by atoms with Crippen LogP contribution in [0.5, 0.6) is 0 Å². The minimum Gasteiger partial charge on any atom is -0.381 e. The standard InChI is InChI=1S/C14H17BrN2O2/c1-16-12-3-2-11(15)8-13(12)17(14(16)18)9-10-4-6-19-7-5-10/h2-3,8,10H,4-7,9H2,1H3. The molecule has 2 heterocycles. The van der Waals surface area contributed by atoms with Gasteiger partial charge >= 0.3 is 5.69 Å². The first-order valence-electron chi connectivity index (χ1n) is 6.59. The summed E-state index contributed by atoms with van der Waals surface area (Å²) >= 11 is 3.48. The van der Waals surface area contributed by atoms with Crippen molar-refractivity contribution < 1.29 is 4.74 Å². The molecule has 0 atom stereocenters. The summed E-state index contributed by atoms with van der Waals surface area (Å²) in [6, 6.07) is 5.98. The molecular formula is C14H17BrN2O2. The molecular weight excluding hydrogens is 308 g/mol. The number of halogens is 1. The molecule has 0 bridgehead atoms. The normalized spacial score (nSPS) is 17.2. The number of hydrogen-bond donors (Lipinski definition) is 0. The van der Waals surface area contributed by atoms with Crippen LogP contribution in [-0.4, -0.2) is 22.3 Å². The fraction of sp³-hybridized carbons (Fsp3) is 0.500. The fourth-order valence-electron chi connectivity index (χ4n) is 2.75. The zero-order valence-electron chi connectivity index (χ0n) is 10.9. The van der Waals surface area contributed by atoms with Crippen molar-refractivity contribution in [2.45, 2.75) is 19.4 Å². The number of aromatic nitrogens is 2. The molecule has 1 saturated heterocycles. The van der Waals surface area contributed by atoms with Crippen molar-refractivity contribution in [2.24, 2.45) is 13.0 Å². The zero-order chi connectivity index (χ0) is 13.4. The molecule has 5 heteroatoms. The quantitative estimate of drug-likeness (QED) is 0.851. The molecule has 0 radical (unpaired) electrons. The summed E-state index contributed by atoms with van der Waals surface area (Å²) in [4.78, 5) is 12.4. The fourth-order valence-corrected chi connectivity index (χ4v) is 3.10. The van der Waals surface area contributed by atoms with Crippen LogP contribution < -0.4 is 5.69 Å². The first-order valence-corrected chi connectivity index (χ1v) is 7.38. The van der Waals surface area contributed by atoms with E-state index in [1.54, 1.807) is 4.57 Å². The summed E-state index contributed by atoms with van der Waals surface area (Å²) in [5, 5.41) is 0. The highest BCUT2D eigenvalue weighted by Crippen LogP contribution is 2.22. The van der Waals surface area contributed by atoms with Crippen LogP contribution in [-0.2, 0) is 18.3 Å². The third-order valence-electron chi connectivity index (χ3n) is 3.89. The molecule has 1 aliphatic rings. The van der Waals surface area contributed by atoms with Gasteiger partial charge in [-0.3, -0.25) is 9.13 Å². The number of rotatable bonds is 2. The van der Waals surface area contributed by atoms with Gasteiger partial charge in [0.1, 0.15) is 0 Å². The first-order chi connectivity index (χ1) is 9.16. The molecule has 1 fully saturated rings. The highest BCUT2D eigenvalue weighted by molar-refractivity contribution is 9.10. The minimum absolute atomic E-state index is 0.0691. The Hall–Kier alpha value is -1.07. The molecule has 1 aromatic heterocycles. The predicted octanol–water partition coefficient (Wildman–Crippen LogP) is 2.53. The maximum Gasteiger partial charge on any atom is 0.328 e. The Morgan fingerprint density at radius 3 is 2.79 bits per heavy atom. The van der Waals surface area contributed by atoms with Crippen LogP contribution in [0.3, 0.4) is 0 Å². The van der Waals surface area contributed by atoms with E-state index in [1.165, 1.54) is 0 Å². The van der Waals surface area contributed by atoms with Crippen molar-refractivity contribution in [3.8, 4) is 0 Å². The molecule has 0 aliphatic carbocycles. The molecule has 0 unspecified atom stereocenters. The summed E-state index contributed by atoms with van der Waals surface area (Å²) in [5.74, 6) is 0.538. The van der Waals surface area contributed by atoms with Crippen molar-refractivity contribution in [3.05, 3.63) is 33.2 Å². The van der Waals surface area contributed by atoms with Crippen molar-refractivity contribution in [3.63, 3.8) is 0 Å². The predicted molar refractivity (Wildman–Crippen MR) is 78.4 cm³/mol. The Labute approximate surface area is 120 Å². The smallest absolute Gasteiger partial charge is 0.328 e. The van der Waals surface area contributed by atoms with Gasteiger partial charge in [0.25, 0.3) is 0 Å². The Bertz CT molecular complexity index is 653. The van der Waals surface area contributed by atoms with Crippen LogP contribution in [0.1, 0.15) is 12.8 Å². The third kappa shape index (κ3) is 2.37. The van der Waals surface area contributed by atoms with Gasteiger partial charge in [0.2, 0.25) is 0 Å². The molecule has 1 aromatic carbocycles. The maximum atomic E-state index is 12.4. The molecule has 0 amide bonds. The zero-order valence-corrected chi connectivity index (χ0v) is 12.5. The molecule has 3 rings (SSSR count). The van der Waals surface area contributed by atoms with Gasteiger partial charge in [-0.2, -0.15) is 0 Å². The van der Waals surface area contributed by atoms with Gasteiger partial charge in [0, 0.05) is 31.3 Å². The molecule has 2 aromatic rings. The van der Waals surface area contributed by atoms with Crippen LogP contribution in [0.4, 0.5) is 0 Å². The Morgan fingerprint density at radius 2 is 2.05 bits per heavy atom. The summed E-state index contributed by atoms with van der Waals surface area (Å²) < 4.78 is 10.0. The van der Waals surface area contributed by atoms with Crippen LogP contribution in [0.2, 0.25) is 0 Å². The van der Waals surface area contributed by atoms with Crippen molar-refractivity contribution in [1.82, 2.24) is 9.13 Å². The molecule has 1 aliphatic heterocycles. The van der Waals surface area contributed by atoms with E-state index in [4.69, 9.17) is 4.74 Å². The number of fused-ring (bicyclic) bond motifs is 1. The topological polar surface area (TPSA) is 36.2 Å². The lowest BCUT2D eigenvalue weighted by Gasteiger charge is -2.22. The molecule has 19 heavy (non-hydrogen) atoms. The van der Waals surface area contributed by atoms with Gasteiger partial charge in [-0.25, -0.2) is 4.79 Å². The van der Waals surface area contributed by atoms with Crippen molar-refractivity contribution in [2.75, 3.05) is 13.2 Å².